The summed E-state index contributed by atoms with van der Waals surface area (Å²) in [6.45, 7) is 7.22. The summed E-state index contributed by atoms with van der Waals surface area (Å²) in [6, 6.07) is 5.74. The summed E-state index contributed by atoms with van der Waals surface area (Å²) < 4.78 is 35.5. The van der Waals surface area contributed by atoms with E-state index in [9.17, 15) is 13.2 Å². The number of benzene rings is 1. The number of amides is 1. The van der Waals surface area contributed by atoms with Crippen LogP contribution < -0.4 is 4.74 Å². The summed E-state index contributed by atoms with van der Waals surface area (Å²) in [6.07, 6.45) is 2.35. The first-order valence-corrected chi connectivity index (χ1v) is 11.9. The predicted octanol–water partition coefficient (Wildman–Crippen LogP) is 2.69. The summed E-state index contributed by atoms with van der Waals surface area (Å²) in [7, 11) is -3.07. The maximum atomic E-state index is 13.0. The van der Waals surface area contributed by atoms with E-state index in [0.29, 0.717) is 19.6 Å². The Morgan fingerprint density at radius 3 is 2.71 bits per heavy atom. The van der Waals surface area contributed by atoms with Crippen LogP contribution in [0, 0.1) is 6.92 Å². The minimum absolute atomic E-state index is 0.0163. The third-order valence-corrected chi connectivity index (χ3v) is 7.29. The summed E-state index contributed by atoms with van der Waals surface area (Å²) in [5, 5.41) is 0. The zero-order chi connectivity index (χ0) is 20.3. The van der Waals surface area contributed by atoms with Gasteiger partial charge in [0.2, 0.25) is 0 Å². The van der Waals surface area contributed by atoms with Gasteiger partial charge in [-0.3, -0.25) is 4.79 Å². The van der Waals surface area contributed by atoms with Crippen LogP contribution in [0.5, 0.6) is 5.75 Å². The summed E-state index contributed by atoms with van der Waals surface area (Å²) in [4.78, 5) is 14.7. The van der Waals surface area contributed by atoms with Crippen molar-refractivity contribution in [3.05, 3.63) is 29.3 Å². The lowest BCUT2D eigenvalue weighted by Gasteiger charge is -2.30. The van der Waals surface area contributed by atoms with Gasteiger partial charge >= 0.3 is 0 Å². The van der Waals surface area contributed by atoms with Crippen LogP contribution in [0.2, 0.25) is 0 Å². The van der Waals surface area contributed by atoms with Gasteiger partial charge in [0, 0.05) is 19.2 Å². The first kappa shape index (κ1) is 21.1. The fourth-order valence-electron chi connectivity index (χ4n) is 3.95. The van der Waals surface area contributed by atoms with E-state index in [0.717, 1.165) is 29.7 Å². The van der Waals surface area contributed by atoms with E-state index >= 15 is 0 Å². The summed E-state index contributed by atoms with van der Waals surface area (Å²) in [5.74, 6) is 1.01. The molecule has 1 amide bonds. The Balaban J connectivity index is 1.71. The molecule has 2 saturated heterocycles. The number of rotatable bonds is 7. The van der Waals surface area contributed by atoms with Crippen molar-refractivity contribution in [2.24, 2.45) is 0 Å². The van der Waals surface area contributed by atoms with Gasteiger partial charge in [-0.05, 0) is 49.3 Å². The normalized spacial score (nSPS) is 23.9. The Hall–Kier alpha value is -1.60. The zero-order valence-corrected chi connectivity index (χ0v) is 17.8. The van der Waals surface area contributed by atoms with Crippen molar-refractivity contribution in [1.29, 1.82) is 0 Å². The fourth-order valence-corrected chi connectivity index (χ4v) is 5.68. The lowest BCUT2D eigenvalue weighted by atomic mass is 10.0. The predicted molar refractivity (Wildman–Crippen MR) is 109 cm³/mol. The molecule has 2 heterocycles. The topological polar surface area (TPSA) is 72.9 Å². The smallest absolute Gasteiger partial charge is 0.260 e. The molecule has 1 aromatic rings. The largest absolute Gasteiger partial charge is 0.483 e. The Labute approximate surface area is 168 Å². The second kappa shape index (κ2) is 8.82. The Kier molecular flexibility index (Phi) is 6.65. The molecule has 0 N–H and O–H groups in total. The Bertz CT molecular complexity index is 799. The molecule has 0 radical (unpaired) electrons. The second-order valence-electron chi connectivity index (χ2n) is 8.22. The first-order valence-electron chi connectivity index (χ1n) is 10.1. The highest BCUT2D eigenvalue weighted by atomic mass is 32.2. The van der Waals surface area contributed by atoms with Gasteiger partial charge in [0.05, 0.1) is 17.6 Å². The van der Waals surface area contributed by atoms with Crippen LogP contribution in [0.1, 0.15) is 50.2 Å². The van der Waals surface area contributed by atoms with Crippen LogP contribution in [0.3, 0.4) is 0 Å². The maximum absolute atomic E-state index is 13.0. The van der Waals surface area contributed by atoms with Gasteiger partial charge in [-0.25, -0.2) is 8.42 Å². The van der Waals surface area contributed by atoms with Crippen molar-refractivity contribution >= 4 is 15.7 Å². The number of carbonyl (C=O) groups is 1. The molecule has 0 spiro atoms. The molecule has 0 saturated carbocycles. The molecule has 3 rings (SSSR count). The van der Waals surface area contributed by atoms with E-state index in [2.05, 4.69) is 13.8 Å². The number of hydrogen-bond acceptors (Lipinski definition) is 5. The molecule has 6 nitrogen and oxygen atoms in total. The highest BCUT2D eigenvalue weighted by molar-refractivity contribution is 7.91. The molecule has 2 aliphatic rings. The van der Waals surface area contributed by atoms with Crippen molar-refractivity contribution in [1.82, 2.24) is 4.90 Å². The van der Waals surface area contributed by atoms with Gasteiger partial charge in [0.15, 0.2) is 16.4 Å². The quantitative estimate of drug-likeness (QED) is 0.692. The fraction of sp³-hybridized carbons (Fsp3) is 0.667. The highest BCUT2D eigenvalue weighted by Crippen LogP contribution is 2.28. The van der Waals surface area contributed by atoms with Crippen molar-refractivity contribution < 1.29 is 22.7 Å². The van der Waals surface area contributed by atoms with Crippen molar-refractivity contribution in [2.75, 3.05) is 31.3 Å². The Morgan fingerprint density at radius 2 is 2.11 bits per heavy atom. The standard InChI is InChI=1S/C21H31NO5S/c1-15(2)19-7-6-16(3)11-20(19)27-13-21(23)22(12-18-5-4-9-26-18)17-8-10-28(24,25)14-17/h6-7,11,15,17-18H,4-5,8-10,12-14H2,1-3H3. The number of ether oxygens (including phenoxy) is 2. The third-order valence-electron chi connectivity index (χ3n) is 5.54. The van der Waals surface area contributed by atoms with Crippen molar-refractivity contribution in [3.63, 3.8) is 0 Å². The number of nitrogens with zero attached hydrogens (tertiary/aromatic N) is 1. The molecule has 0 aromatic heterocycles. The molecule has 0 bridgehead atoms. The molecular weight excluding hydrogens is 378 g/mol. The second-order valence-corrected chi connectivity index (χ2v) is 10.5. The highest BCUT2D eigenvalue weighted by Gasteiger charge is 2.36. The van der Waals surface area contributed by atoms with Gasteiger partial charge in [0.25, 0.3) is 5.91 Å². The van der Waals surface area contributed by atoms with E-state index < -0.39 is 9.84 Å². The van der Waals surface area contributed by atoms with Crippen LogP contribution in [0.15, 0.2) is 18.2 Å². The maximum Gasteiger partial charge on any atom is 0.260 e. The van der Waals surface area contributed by atoms with Gasteiger partial charge in [-0.15, -0.1) is 0 Å². The van der Waals surface area contributed by atoms with E-state index in [4.69, 9.17) is 9.47 Å². The number of aryl methyl sites for hydroxylation is 1. The molecule has 1 aromatic carbocycles. The van der Waals surface area contributed by atoms with Crippen LogP contribution in [-0.2, 0) is 19.4 Å². The van der Waals surface area contributed by atoms with Crippen molar-refractivity contribution in [2.45, 2.75) is 58.1 Å². The lowest BCUT2D eigenvalue weighted by Crippen LogP contribution is -2.47. The van der Waals surface area contributed by atoms with E-state index in [1.807, 2.05) is 25.1 Å². The van der Waals surface area contributed by atoms with E-state index in [1.54, 1.807) is 4.90 Å². The monoisotopic (exact) mass is 409 g/mol. The molecule has 28 heavy (non-hydrogen) atoms. The molecule has 0 aliphatic carbocycles. The minimum Gasteiger partial charge on any atom is -0.483 e. The average Bonchev–Trinajstić information content (AvgIpc) is 3.26. The molecule has 2 atom stereocenters. The summed E-state index contributed by atoms with van der Waals surface area (Å²) in [5.41, 5.74) is 2.14. The van der Waals surface area contributed by atoms with E-state index in [-0.39, 0.29) is 42.1 Å². The van der Waals surface area contributed by atoms with Crippen LogP contribution in [-0.4, -0.2) is 62.6 Å². The van der Waals surface area contributed by atoms with Crippen LogP contribution in [0.25, 0.3) is 0 Å². The van der Waals surface area contributed by atoms with E-state index in [1.165, 1.54) is 0 Å². The molecular formula is C21H31NO5S. The van der Waals surface area contributed by atoms with Gasteiger partial charge < -0.3 is 14.4 Å². The first-order chi connectivity index (χ1) is 13.2. The Morgan fingerprint density at radius 1 is 1.32 bits per heavy atom. The number of hydrogen-bond donors (Lipinski definition) is 0. The lowest BCUT2D eigenvalue weighted by molar-refractivity contribution is -0.137. The molecule has 7 heteroatoms. The van der Waals surface area contributed by atoms with Gasteiger partial charge in [-0.1, -0.05) is 26.0 Å². The number of sulfone groups is 1. The average molecular weight is 410 g/mol. The SMILES string of the molecule is Cc1ccc(C(C)C)c(OCC(=O)N(CC2CCCO2)C2CCS(=O)(=O)C2)c1. The van der Waals surface area contributed by atoms with Crippen molar-refractivity contribution in [3.8, 4) is 5.75 Å². The molecule has 2 fully saturated rings. The molecule has 156 valence electrons. The minimum atomic E-state index is -3.07. The van der Waals surface area contributed by atoms with Gasteiger partial charge in [-0.2, -0.15) is 0 Å². The number of carbonyl (C=O) groups excluding carboxylic acids is 1. The zero-order valence-electron chi connectivity index (χ0n) is 17.0. The molecule has 2 unspecified atom stereocenters. The third kappa shape index (κ3) is 5.26. The van der Waals surface area contributed by atoms with Gasteiger partial charge in [0.1, 0.15) is 5.75 Å². The van der Waals surface area contributed by atoms with Crippen LogP contribution >= 0.6 is 0 Å². The molecule has 2 aliphatic heterocycles. The summed E-state index contributed by atoms with van der Waals surface area (Å²) >= 11 is 0. The van der Waals surface area contributed by atoms with Crippen LogP contribution in [0.4, 0.5) is 0 Å².